The molecule has 0 aliphatic carbocycles. The van der Waals surface area contributed by atoms with E-state index in [1.54, 1.807) is 0 Å². The molecule has 1 aromatic carbocycles. The molecule has 29 heavy (non-hydrogen) atoms. The molecule has 7 heteroatoms. The molecule has 0 spiro atoms. The van der Waals surface area contributed by atoms with Crippen LogP contribution in [0.3, 0.4) is 0 Å². The third-order valence-electron chi connectivity index (χ3n) is 4.88. The van der Waals surface area contributed by atoms with Gasteiger partial charge in [0.25, 0.3) is 0 Å². The average molecular weight is 416 g/mol. The quantitative estimate of drug-likeness (QED) is 0.405. The highest BCUT2D eigenvalue weighted by Gasteiger charge is 2.14. The molecule has 0 radical (unpaired) electrons. The highest BCUT2D eigenvalue weighted by molar-refractivity contribution is 7.99. The fourth-order valence-electron chi connectivity index (χ4n) is 3.28. The van der Waals surface area contributed by atoms with E-state index in [0.717, 1.165) is 28.0 Å². The number of carbonyl (C=O) groups is 1. The molecule has 0 amide bonds. The number of hydrogen-bond donors (Lipinski definition) is 0. The van der Waals surface area contributed by atoms with E-state index in [9.17, 15) is 9.59 Å². The molecule has 0 N–H and O–H groups in total. The minimum atomic E-state index is -0.451. The minimum absolute atomic E-state index is 0.0351. The molecular weight excluding hydrogens is 390 g/mol. The number of rotatable bonds is 7. The van der Waals surface area contributed by atoms with Gasteiger partial charge >= 0.3 is 11.6 Å². The van der Waals surface area contributed by atoms with E-state index in [1.807, 2.05) is 32.9 Å². The van der Waals surface area contributed by atoms with Gasteiger partial charge < -0.3 is 13.7 Å². The Morgan fingerprint density at radius 2 is 1.97 bits per heavy atom. The van der Waals surface area contributed by atoms with Gasteiger partial charge in [-0.2, -0.15) is 0 Å². The minimum Gasteiger partial charge on any atom is -0.460 e. The fraction of sp³-hybridized carbons (Fsp3) is 0.409. The number of hydrogen-bond acceptors (Lipinski definition) is 7. The van der Waals surface area contributed by atoms with Crippen molar-refractivity contribution in [3.05, 3.63) is 62.3 Å². The molecule has 0 unspecified atom stereocenters. The van der Waals surface area contributed by atoms with Gasteiger partial charge in [-0.1, -0.05) is 19.0 Å². The largest absolute Gasteiger partial charge is 0.460 e. The lowest BCUT2D eigenvalue weighted by molar-refractivity contribution is -0.141. The second-order valence-electron chi connectivity index (χ2n) is 7.41. The Hall–Kier alpha value is -2.54. The Kier molecular flexibility index (Phi) is 6.47. The van der Waals surface area contributed by atoms with Crippen molar-refractivity contribution < 1.29 is 18.5 Å². The Balaban J connectivity index is 1.68. The van der Waals surface area contributed by atoms with Crippen LogP contribution in [0.5, 0.6) is 0 Å². The lowest BCUT2D eigenvalue weighted by Crippen LogP contribution is -2.10. The van der Waals surface area contributed by atoms with Crippen LogP contribution in [0.1, 0.15) is 53.5 Å². The summed E-state index contributed by atoms with van der Waals surface area (Å²) < 4.78 is 15.9. The third-order valence-corrected chi connectivity index (χ3v) is 5.81. The zero-order chi connectivity index (χ0) is 21.1. The predicted octanol–water partition coefficient (Wildman–Crippen LogP) is 4.81. The van der Waals surface area contributed by atoms with Crippen LogP contribution < -0.4 is 5.63 Å². The predicted molar refractivity (Wildman–Crippen MR) is 113 cm³/mol. The average Bonchev–Trinajstić information content (AvgIpc) is 2.97. The van der Waals surface area contributed by atoms with Crippen molar-refractivity contribution in [3.63, 3.8) is 0 Å². The lowest BCUT2D eigenvalue weighted by Gasteiger charge is -2.13. The van der Waals surface area contributed by atoms with Crippen molar-refractivity contribution in [2.75, 3.05) is 5.75 Å². The zero-order valence-electron chi connectivity index (χ0n) is 17.3. The van der Waals surface area contributed by atoms with Crippen LogP contribution in [0, 0.1) is 20.8 Å². The number of nitrogens with zero attached hydrogens (tertiary/aromatic N) is 1. The Labute approximate surface area is 173 Å². The lowest BCUT2D eigenvalue weighted by atomic mass is 9.95. The third kappa shape index (κ3) is 4.90. The van der Waals surface area contributed by atoms with Crippen molar-refractivity contribution >= 4 is 28.7 Å². The molecule has 3 aromatic rings. The van der Waals surface area contributed by atoms with Crippen molar-refractivity contribution in [3.8, 4) is 0 Å². The van der Waals surface area contributed by atoms with Gasteiger partial charge in [0.05, 0.1) is 11.4 Å². The number of aromatic nitrogens is 1. The fourth-order valence-corrected chi connectivity index (χ4v) is 4.25. The summed E-state index contributed by atoms with van der Waals surface area (Å²) in [6, 6.07) is 5.29. The first kappa shape index (κ1) is 21.2. The van der Waals surface area contributed by atoms with E-state index in [4.69, 9.17) is 13.7 Å². The Morgan fingerprint density at radius 1 is 1.21 bits per heavy atom. The standard InChI is InChI=1S/C22H25NO5S/c1-12(2)17-8-18-16(7-21(24)27-20(18)6-13(17)3)9-26-22(25)11-29-10-19-14(4)23-28-15(19)5/h6-8,12H,9-11H2,1-5H3. The van der Waals surface area contributed by atoms with Gasteiger partial charge in [0, 0.05) is 28.3 Å². The van der Waals surface area contributed by atoms with Crippen LogP contribution in [0.4, 0.5) is 0 Å². The molecule has 3 rings (SSSR count). The van der Waals surface area contributed by atoms with Crippen molar-refractivity contribution in [2.45, 2.75) is 52.9 Å². The summed E-state index contributed by atoms with van der Waals surface area (Å²) in [5, 5.41) is 4.71. The van der Waals surface area contributed by atoms with Gasteiger partial charge in [0.15, 0.2) is 0 Å². The number of fused-ring (bicyclic) bond motifs is 1. The van der Waals surface area contributed by atoms with E-state index in [0.29, 0.717) is 22.8 Å². The number of ether oxygens (including phenoxy) is 1. The summed E-state index contributed by atoms with van der Waals surface area (Å²) in [6.45, 7) is 9.99. The highest BCUT2D eigenvalue weighted by Crippen LogP contribution is 2.27. The molecule has 2 aromatic heterocycles. The molecule has 6 nitrogen and oxygen atoms in total. The van der Waals surface area contributed by atoms with Crippen LogP contribution in [0.2, 0.25) is 0 Å². The van der Waals surface area contributed by atoms with E-state index in [-0.39, 0.29) is 18.3 Å². The maximum Gasteiger partial charge on any atom is 0.336 e. The normalized spacial score (nSPS) is 11.4. The molecule has 154 valence electrons. The first-order valence-corrected chi connectivity index (χ1v) is 10.6. The summed E-state index contributed by atoms with van der Waals surface area (Å²) in [6.07, 6.45) is 0. The maximum absolute atomic E-state index is 12.2. The van der Waals surface area contributed by atoms with E-state index >= 15 is 0 Å². The topological polar surface area (TPSA) is 82.5 Å². The van der Waals surface area contributed by atoms with Crippen LogP contribution in [0.25, 0.3) is 11.0 Å². The second kappa shape index (κ2) is 8.86. The number of aryl methyl sites for hydroxylation is 3. The van der Waals surface area contributed by atoms with Crippen molar-refractivity contribution in [1.29, 1.82) is 0 Å². The molecule has 0 aliphatic rings. The molecule has 0 saturated carbocycles. The Morgan fingerprint density at radius 3 is 2.62 bits per heavy atom. The van der Waals surface area contributed by atoms with Crippen LogP contribution in [0.15, 0.2) is 31.9 Å². The number of carbonyl (C=O) groups excluding carboxylic acids is 1. The summed E-state index contributed by atoms with van der Waals surface area (Å²) in [7, 11) is 0. The molecule has 0 saturated heterocycles. The molecule has 0 atom stereocenters. The monoisotopic (exact) mass is 415 g/mol. The SMILES string of the molecule is Cc1cc2oc(=O)cc(COC(=O)CSCc3c(C)noc3C)c2cc1C(C)C. The smallest absolute Gasteiger partial charge is 0.336 e. The molecule has 0 aliphatic heterocycles. The van der Waals surface area contributed by atoms with Crippen molar-refractivity contribution in [2.24, 2.45) is 0 Å². The molecular formula is C22H25NO5S. The number of benzene rings is 1. The van der Waals surface area contributed by atoms with Gasteiger partial charge in [-0.25, -0.2) is 4.79 Å². The van der Waals surface area contributed by atoms with Crippen molar-refractivity contribution in [1.82, 2.24) is 5.16 Å². The molecule has 0 fully saturated rings. The summed E-state index contributed by atoms with van der Waals surface area (Å²) in [5.74, 6) is 1.61. The van der Waals surface area contributed by atoms with Gasteiger partial charge in [-0.05, 0) is 49.9 Å². The van der Waals surface area contributed by atoms with E-state index < -0.39 is 5.63 Å². The van der Waals surface area contributed by atoms with E-state index in [1.165, 1.54) is 23.4 Å². The van der Waals surface area contributed by atoms with Crippen LogP contribution >= 0.6 is 11.8 Å². The number of thioether (sulfide) groups is 1. The first-order chi connectivity index (χ1) is 13.8. The highest BCUT2D eigenvalue weighted by atomic mass is 32.2. The van der Waals surface area contributed by atoms with Crippen LogP contribution in [-0.4, -0.2) is 16.9 Å². The van der Waals surface area contributed by atoms with E-state index in [2.05, 4.69) is 19.0 Å². The molecule has 2 heterocycles. The summed E-state index contributed by atoms with van der Waals surface area (Å²) in [5.41, 5.74) is 4.80. The number of esters is 1. The Bertz CT molecular complexity index is 1080. The summed E-state index contributed by atoms with van der Waals surface area (Å²) >= 11 is 1.44. The van der Waals surface area contributed by atoms with Gasteiger partial charge in [-0.3, -0.25) is 4.79 Å². The molecule has 0 bridgehead atoms. The first-order valence-electron chi connectivity index (χ1n) is 9.48. The van der Waals surface area contributed by atoms with Gasteiger partial charge in [-0.15, -0.1) is 11.8 Å². The summed E-state index contributed by atoms with van der Waals surface area (Å²) in [4.78, 5) is 24.1. The van der Waals surface area contributed by atoms with Gasteiger partial charge in [0.1, 0.15) is 18.0 Å². The zero-order valence-corrected chi connectivity index (χ0v) is 18.1. The second-order valence-corrected chi connectivity index (χ2v) is 8.39. The van der Waals surface area contributed by atoms with Gasteiger partial charge in [0.2, 0.25) is 0 Å². The maximum atomic E-state index is 12.2. The van der Waals surface area contributed by atoms with Crippen LogP contribution in [-0.2, 0) is 21.9 Å².